The van der Waals surface area contributed by atoms with Crippen LogP contribution in [-0.2, 0) is 42.2 Å². The molecule has 0 aromatic carbocycles. The number of carbonyl (C=O) groups is 3. The van der Waals surface area contributed by atoms with Gasteiger partial charge in [0.25, 0.3) is 19.6 Å². The van der Waals surface area contributed by atoms with Crippen LogP contribution in [0.15, 0.2) is 12.2 Å². The maximum Gasteiger partial charge on any atom is 1.00 e. The number of hydrogen-bond donors (Lipinski definition) is 6. The molecule has 0 radical (unpaired) electrons. The number of aliphatic hydroxyl groups excluding tert-OH is 5. The van der Waals surface area contributed by atoms with Crippen molar-refractivity contribution in [2.45, 2.75) is 56.3 Å². The fraction of sp³-hybridized carbons (Fsp3) is 0.762. The Morgan fingerprint density at radius 3 is 2.45 bits per heavy atom. The summed E-state index contributed by atoms with van der Waals surface area (Å²) in [6.07, 6.45) is -8.40. The first-order valence-corrected chi connectivity index (χ1v) is 13.4. The standard InChI is InChI=1S/C21H35N2O15P.Na/c1-12(25)18(30)13(26)11-35-21-19(31)20(14(10-24)37-21)38-39(32,33)36-9-8-34-7-5-22-15(27)4-6-23-16(28)2-3-17(23)29;/h2-3,12-14,18-21,24-26,30-31H,4-11H2,1H3,(H,22,27)(H,32,33);/q;+1/p-1/t12?,13?,14-,18?,19?,20+,21-;/m1./s1. The Balaban J connectivity index is 0.00000800. The maximum atomic E-state index is 12.2. The molecule has 1 saturated heterocycles. The predicted octanol–water partition coefficient (Wildman–Crippen LogP) is -7.49. The summed E-state index contributed by atoms with van der Waals surface area (Å²) in [4.78, 5) is 47.7. The van der Waals surface area contributed by atoms with Crippen LogP contribution >= 0.6 is 7.82 Å². The summed E-state index contributed by atoms with van der Waals surface area (Å²) in [5.41, 5.74) is 0. The quantitative estimate of drug-likeness (QED) is 0.0366. The molecular weight excluding hydrogens is 574 g/mol. The third kappa shape index (κ3) is 11.8. The molecule has 40 heavy (non-hydrogen) atoms. The Kier molecular flexibility index (Phi) is 16.7. The molecule has 2 rings (SSSR count). The van der Waals surface area contributed by atoms with Gasteiger partial charge in [-0.1, -0.05) is 0 Å². The van der Waals surface area contributed by atoms with E-state index in [2.05, 4.69) is 9.84 Å². The molecule has 0 aliphatic carbocycles. The smallest absolute Gasteiger partial charge is 0.756 e. The molecular formula is C21H34N2NaO15P. The van der Waals surface area contributed by atoms with Crippen LogP contribution in [0.3, 0.4) is 0 Å². The van der Waals surface area contributed by atoms with Gasteiger partial charge >= 0.3 is 29.6 Å². The molecule has 6 N–H and O–H groups in total. The van der Waals surface area contributed by atoms with Crippen LogP contribution in [0.25, 0.3) is 0 Å². The number of ether oxygens (including phenoxy) is 3. The zero-order chi connectivity index (χ0) is 29.2. The number of aliphatic hydroxyl groups is 5. The first-order valence-electron chi connectivity index (χ1n) is 12.0. The van der Waals surface area contributed by atoms with Gasteiger partial charge in [0.15, 0.2) is 6.29 Å². The van der Waals surface area contributed by atoms with Crippen LogP contribution in [-0.4, -0.2) is 137 Å². The molecule has 0 bridgehead atoms. The largest absolute Gasteiger partial charge is 1.00 e. The average molecular weight is 608 g/mol. The molecule has 17 nitrogen and oxygen atoms in total. The second-order valence-corrected chi connectivity index (χ2v) is 9.94. The van der Waals surface area contributed by atoms with E-state index in [1.54, 1.807) is 0 Å². The van der Waals surface area contributed by atoms with Crippen LogP contribution in [0.4, 0.5) is 0 Å². The fourth-order valence-electron chi connectivity index (χ4n) is 3.44. The molecule has 2 heterocycles. The molecule has 224 valence electrons. The van der Waals surface area contributed by atoms with Crippen LogP contribution in [0.2, 0.25) is 0 Å². The molecule has 2 aliphatic heterocycles. The number of carbonyl (C=O) groups excluding carboxylic acids is 3. The van der Waals surface area contributed by atoms with Crippen molar-refractivity contribution < 1.29 is 102 Å². The Labute approximate surface area is 251 Å². The molecule has 19 heteroatoms. The van der Waals surface area contributed by atoms with Crippen molar-refractivity contribution in [1.82, 2.24) is 10.2 Å². The Morgan fingerprint density at radius 2 is 1.85 bits per heavy atom. The van der Waals surface area contributed by atoms with Gasteiger partial charge in [0.2, 0.25) is 5.91 Å². The van der Waals surface area contributed by atoms with Gasteiger partial charge in [-0.3, -0.25) is 23.8 Å². The number of phosphoric acid groups is 1. The summed E-state index contributed by atoms with van der Waals surface area (Å²) in [5, 5.41) is 50.9. The van der Waals surface area contributed by atoms with Gasteiger partial charge in [0, 0.05) is 31.7 Å². The van der Waals surface area contributed by atoms with Crippen molar-refractivity contribution in [3.63, 3.8) is 0 Å². The van der Waals surface area contributed by atoms with Crippen molar-refractivity contribution in [2.24, 2.45) is 0 Å². The third-order valence-electron chi connectivity index (χ3n) is 5.55. The molecule has 5 unspecified atom stereocenters. The van der Waals surface area contributed by atoms with Gasteiger partial charge in [-0.25, -0.2) is 0 Å². The van der Waals surface area contributed by atoms with Gasteiger partial charge in [-0.15, -0.1) is 0 Å². The van der Waals surface area contributed by atoms with Crippen molar-refractivity contribution in [1.29, 1.82) is 0 Å². The number of nitrogens with zero attached hydrogens (tertiary/aromatic N) is 1. The van der Waals surface area contributed by atoms with Gasteiger partial charge in [0.1, 0.15) is 30.5 Å². The van der Waals surface area contributed by atoms with Crippen LogP contribution in [0, 0.1) is 0 Å². The van der Waals surface area contributed by atoms with Crippen LogP contribution in [0.5, 0.6) is 0 Å². The third-order valence-corrected chi connectivity index (χ3v) is 6.55. The fourth-order valence-corrected chi connectivity index (χ4v) is 4.36. The average Bonchev–Trinajstić information content (AvgIpc) is 3.36. The van der Waals surface area contributed by atoms with Gasteiger partial charge in [-0.05, 0) is 6.92 Å². The molecule has 0 spiro atoms. The summed E-state index contributed by atoms with van der Waals surface area (Å²) < 4.78 is 37.1. The van der Waals surface area contributed by atoms with E-state index >= 15 is 0 Å². The second-order valence-electron chi connectivity index (χ2n) is 8.57. The number of imide groups is 1. The summed E-state index contributed by atoms with van der Waals surface area (Å²) in [6, 6.07) is 0. The summed E-state index contributed by atoms with van der Waals surface area (Å²) in [7, 11) is -5.02. The topological polar surface area (TPSA) is 254 Å². The minimum atomic E-state index is -5.02. The van der Waals surface area contributed by atoms with Gasteiger partial charge < -0.3 is 59.0 Å². The normalized spacial score (nSPS) is 26.3. The zero-order valence-electron chi connectivity index (χ0n) is 22.1. The minimum Gasteiger partial charge on any atom is -0.756 e. The molecule has 0 saturated carbocycles. The van der Waals surface area contributed by atoms with E-state index in [4.69, 9.17) is 18.7 Å². The van der Waals surface area contributed by atoms with E-state index in [1.165, 1.54) is 6.92 Å². The van der Waals surface area contributed by atoms with Crippen molar-refractivity contribution >= 4 is 25.5 Å². The molecule has 8 atom stereocenters. The Morgan fingerprint density at radius 1 is 1.20 bits per heavy atom. The molecule has 1 fully saturated rings. The number of rotatable bonds is 18. The van der Waals surface area contributed by atoms with Gasteiger partial charge in [-0.2, -0.15) is 0 Å². The summed E-state index contributed by atoms with van der Waals surface area (Å²) in [6.45, 7) is -0.789. The molecule has 3 amide bonds. The van der Waals surface area contributed by atoms with Crippen molar-refractivity contribution in [3.8, 4) is 0 Å². The SMILES string of the molecule is CC(O)C(O)C(O)CO[C@@H]1O[C@H](CO)[C@H](OP(=O)([O-])OCCOCCNC(=O)CCN2C(=O)C=CC2=O)C1O.[Na+]. The van der Waals surface area contributed by atoms with Crippen molar-refractivity contribution in [3.05, 3.63) is 12.2 Å². The van der Waals surface area contributed by atoms with Crippen molar-refractivity contribution in [2.75, 3.05) is 46.1 Å². The number of hydrogen-bond acceptors (Lipinski definition) is 15. The summed E-state index contributed by atoms with van der Waals surface area (Å²) in [5.74, 6) is -1.41. The molecule has 0 aromatic rings. The van der Waals surface area contributed by atoms with E-state index in [1.807, 2.05) is 0 Å². The van der Waals surface area contributed by atoms with E-state index in [-0.39, 0.29) is 62.3 Å². The van der Waals surface area contributed by atoms with E-state index in [0.29, 0.717) is 0 Å². The number of nitrogens with one attached hydrogen (secondary N) is 1. The first-order chi connectivity index (χ1) is 18.4. The second kappa shape index (κ2) is 17.9. The Hall–Kier alpha value is -0.860. The maximum absolute atomic E-state index is 12.2. The Bertz CT molecular complexity index is 891. The van der Waals surface area contributed by atoms with Gasteiger partial charge in [0.05, 0.1) is 39.1 Å². The monoisotopic (exact) mass is 608 g/mol. The minimum absolute atomic E-state index is 0. The van der Waals surface area contributed by atoms with E-state index in [9.17, 15) is 49.4 Å². The molecule has 2 aliphatic rings. The zero-order valence-corrected chi connectivity index (χ0v) is 25.0. The number of amides is 3. The van der Waals surface area contributed by atoms with E-state index in [0.717, 1.165) is 17.1 Å². The number of phosphoric ester groups is 1. The molecule has 0 aromatic heterocycles. The van der Waals surface area contributed by atoms with E-state index < -0.39 is 88.3 Å². The summed E-state index contributed by atoms with van der Waals surface area (Å²) >= 11 is 0. The van der Waals surface area contributed by atoms with Crippen LogP contribution < -0.4 is 39.8 Å². The first kappa shape index (κ1) is 37.2. The van der Waals surface area contributed by atoms with Crippen LogP contribution in [0.1, 0.15) is 13.3 Å². The predicted molar refractivity (Wildman–Crippen MR) is 124 cm³/mol.